The molecule has 0 bridgehead atoms. The normalized spacial score (nSPS) is 11.3. The molecule has 29 heavy (non-hydrogen) atoms. The molecule has 1 aromatic heterocycles. The quantitative estimate of drug-likeness (QED) is 0.332. The van der Waals surface area contributed by atoms with Crippen LogP contribution in [0.3, 0.4) is 0 Å². The minimum atomic E-state index is -0.292. The van der Waals surface area contributed by atoms with Gasteiger partial charge in [-0.05, 0) is 56.0 Å². The number of aromatic hydroxyl groups is 1. The summed E-state index contributed by atoms with van der Waals surface area (Å²) in [5, 5.41) is 13.3. The van der Waals surface area contributed by atoms with Gasteiger partial charge in [0.2, 0.25) is 0 Å². The van der Waals surface area contributed by atoms with Gasteiger partial charge in [0.25, 0.3) is 0 Å². The van der Waals surface area contributed by atoms with E-state index in [0.29, 0.717) is 11.0 Å². The number of rotatable bonds is 13. The number of fused-ring (bicyclic) bond motifs is 1. The first-order valence-corrected chi connectivity index (χ1v) is 10.5. The van der Waals surface area contributed by atoms with Crippen LogP contribution >= 0.6 is 0 Å². The molecule has 0 saturated heterocycles. The van der Waals surface area contributed by atoms with Crippen molar-refractivity contribution in [1.29, 1.82) is 0 Å². The topological polar surface area (TPSA) is 90.1 Å². The summed E-state index contributed by atoms with van der Waals surface area (Å²) >= 11 is 0. The number of benzene rings is 2. The van der Waals surface area contributed by atoms with Gasteiger partial charge in [0.1, 0.15) is 11.3 Å². The molecule has 0 atom stereocenters. The number of hydrogen-bond donors (Lipinski definition) is 4. The van der Waals surface area contributed by atoms with Gasteiger partial charge in [0.15, 0.2) is 0 Å². The molecule has 2 aromatic carbocycles. The number of hydrogen-bond acceptors (Lipinski definition) is 4. The molecule has 0 fully saturated rings. The van der Waals surface area contributed by atoms with Crippen LogP contribution < -0.4 is 11.0 Å². The summed E-state index contributed by atoms with van der Waals surface area (Å²) in [4.78, 5) is 16.9. The van der Waals surface area contributed by atoms with E-state index >= 15 is 0 Å². The summed E-state index contributed by atoms with van der Waals surface area (Å²) < 4.78 is 5.72. The average molecular weight is 398 g/mol. The number of phenols is 1. The molecule has 4 N–H and O–H groups in total. The molecule has 0 unspecified atom stereocenters. The summed E-state index contributed by atoms with van der Waals surface area (Å²) in [6, 6.07) is 13.9. The Labute approximate surface area is 171 Å². The van der Waals surface area contributed by atoms with Gasteiger partial charge in [-0.1, -0.05) is 49.2 Å². The summed E-state index contributed by atoms with van der Waals surface area (Å²) in [7, 11) is 0. The van der Waals surface area contributed by atoms with Gasteiger partial charge in [-0.2, -0.15) is 0 Å². The van der Waals surface area contributed by atoms with E-state index in [1.807, 2.05) is 12.1 Å². The van der Waals surface area contributed by atoms with E-state index < -0.39 is 0 Å². The highest BCUT2D eigenvalue weighted by atomic mass is 16.5. The highest BCUT2D eigenvalue weighted by Crippen LogP contribution is 2.23. The molecule has 0 aliphatic rings. The van der Waals surface area contributed by atoms with E-state index in [1.165, 1.54) is 18.4 Å². The maximum Gasteiger partial charge on any atom is 0.323 e. The smallest absolute Gasteiger partial charge is 0.323 e. The van der Waals surface area contributed by atoms with E-state index in [2.05, 4.69) is 39.6 Å². The zero-order valence-electron chi connectivity index (χ0n) is 16.9. The molecule has 0 amide bonds. The monoisotopic (exact) mass is 397 g/mol. The number of unbranched alkanes of at least 4 members (excludes halogenated alkanes) is 3. The SMILES string of the molecule is O=c1[nH]c2c(O)ccc(CCNCCCCCCOCCc3ccccc3)c2[nH]1. The molecule has 0 spiro atoms. The molecule has 6 heteroatoms. The lowest BCUT2D eigenvalue weighted by Crippen LogP contribution is -2.18. The first-order valence-electron chi connectivity index (χ1n) is 10.5. The van der Waals surface area contributed by atoms with Crippen LogP contribution in [-0.4, -0.2) is 41.4 Å². The Hall–Kier alpha value is -2.57. The molecule has 1 heterocycles. The summed E-state index contributed by atoms with van der Waals surface area (Å²) in [5.74, 6) is 0.0964. The van der Waals surface area contributed by atoms with E-state index in [4.69, 9.17) is 4.74 Å². The van der Waals surface area contributed by atoms with Crippen LogP contribution in [-0.2, 0) is 17.6 Å². The molecule has 6 nitrogen and oxygen atoms in total. The lowest BCUT2D eigenvalue weighted by Gasteiger charge is -2.07. The third kappa shape index (κ3) is 6.76. The number of nitrogens with one attached hydrogen (secondary N) is 3. The van der Waals surface area contributed by atoms with Crippen molar-refractivity contribution in [2.24, 2.45) is 0 Å². The van der Waals surface area contributed by atoms with Crippen LogP contribution in [0, 0.1) is 0 Å². The lowest BCUT2D eigenvalue weighted by molar-refractivity contribution is 0.133. The molecule has 0 saturated carbocycles. The molecule has 0 aliphatic heterocycles. The maximum absolute atomic E-state index is 11.5. The Morgan fingerprint density at radius 2 is 1.62 bits per heavy atom. The fourth-order valence-electron chi connectivity index (χ4n) is 3.46. The van der Waals surface area contributed by atoms with Gasteiger partial charge < -0.3 is 25.1 Å². The summed E-state index contributed by atoms with van der Waals surface area (Å²) in [6.45, 7) is 3.46. The van der Waals surface area contributed by atoms with Crippen molar-refractivity contribution in [2.45, 2.75) is 38.5 Å². The Balaban J connectivity index is 1.19. The molecule has 0 aliphatic carbocycles. The van der Waals surface area contributed by atoms with Crippen molar-refractivity contribution in [2.75, 3.05) is 26.3 Å². The second-order valence-corrected chi connectivity index (χ2v) is 7.34. The minimum Gasteiger partial charge on any atom is -0.506 e. The van der Waals surface area contributed by atoms with Crippen molar-refractivity contribution in [1.82, 2.24) is 15.3 Å². The number of phenolic OH excluding ortho intramolecular Hbond substituents is 1. The van der Waals surface area contributed by atoms with Crippen LogP contribution in [0.1, 0.15) is 36.8 Å². The number of imidazole rings is 1. The van der Waals surface area contributed by atoms with E-state index in [1.54, 1.807) is 6.07 Å². The van der Waals surface area contributed by atoms with Crippen molar-refractivity contribution in [3.05, 3.63) is 64.1 Å². The Kier molecular flexibility index (Phi) is 8.34. The zero-order chi connectivity index (χ0) is 20.3. The maximum atomic E-state index is 11.5. The predicted octanol–water partition coefficient (Wildman–Crippen LogP) is 3.51. The predicted molar refractivity (Wildman–Crippen MR) is 117 cm³/mol. The van der Waals surface area contributed by atoms with Crippen molar-refractivity contribution in [3.8, 4) is 5.75 Å². The summed E-state index contributed by atoms with van der Waals surface area (Å²) in [5.41, 5.74) is 3.24. The second kappa shape index (κ2) is 11.4. The number of aromatic nitrogens is 2. The van der Waals surface area contributed by atoms with Crippen LogP contribution in [0.15, 0.2) is 47.3 Å². The molecular weight excluding hydrogens is 366 g/mol. The minimum absolute atomic E-state index is 0.0964. The number of H-pyrrole nitrogens is 2. The third-order valence-electron chi connectivity index (χ3n) is 5.09. The largest absolute Gasteiger partial charge is 0.506 e. The van der Waals surface area contributed by atoms with Crippen LogP contribution in [0.25, 0.3) is 11.0 Å². The van der Waals surface area contributed by atoms with Crippen LogP contribution in [0.2, 0.25) is 0 Å². The van der Waals surface area contributed by atoms with Crippen molar-refractivity contribution < 1.29 is 9.84 Å². The molecule has 156 valence electrons. The van der Waals surface area contributed by atoms with Gasteiger partial charge in [0.05, 0.1) is 12.1 Å². The van der Waals surface area contributed by atoms with Gasteiger partial charge in [-0.15, -0.1) is 0 Å². The van der Waals surface area contributed by atoms with Gasteiger partial charge in [-0.3, -0.25) is 0 Å². The van der Waals surface area contributed by atoms with E-state index in [9.17, 15) is 9.90 Å². The Bertz CT molecular complexity index is 918. The van der Waals surface area contributed by atoms with Crippen molar-refractivity contribution in [3.63, 3.8) is 0 Å². The third-order valence-corrected chi connectivity index (χ3v) is 5.09. The molecule has 0 radical (unpaired) electrons. The fraction of sp³-hybridized carbons (Fsp3) is 0.435. The van der Waals surface area contributed by atoms with Gasteiger partial charge in [-0.25, -0.2) is 4.79 Å². The summed E-state index contributed by atoms with van der Waals surface area (Å²) in [6.07, 6.45) is 6.44. The first-order chi connectivity index (χ1) is 14.2. The van der Waals surface area contributed by atoms with Gasteiger partial charge in [0, 0.05) is 6.61 Å². The molecule has 3 rings (SSSR count). The molecule has 3 aromatic rings. The second-order valence-electron chi connectivity index (χ2n) is 7.34. The highest BCUT2D eigenvalue weighted by molar-refractivity contribution is 5.83. The number of aromatic amines is 2. The van der Waals surface area contributed by atoms with Crippen LogP contribution in [0.5, 0.6) is 5.75 Å². The van der Waals surface area contributed by atoms with Crippen molar-refractivity contribution >= 4 is 11.0 Å². The fourth-order valence-corrected chi connectivity index (χ4v) is 3.46. The Morgan fingerprint density at radius 1 is 0.828 bits per heavy atom. The highest BCUT2D eigenvalue weighted by Gasteiger charge is 2.08. The number of ether oxygens (including phenoxy) is 1. The van der Waals surface area contributed by atoms with E-state index in [0.717, 1.165) is 57.6 Å². The Morgan fingerprint density at radius 3 is 2.48 bits per heavy atom. The van der Waals surface area contributed by atoms with E-state index in [-0.39, 0.29) is 11.4 Å². The lowest BCUT2D eigenvalue weighted by atomic mass is 10.1. The standard InChI is InChI=1S/C23H31N3O3/c27-20-11-10-19(21-22(20)26-23(28)25-21)12-15-24-14-6-1-2-7-16-29-17-13-18-8-4-3-5-9-18/h3-5,8-11,24,27H,1-2,6-7,12-17H2,(H2,25,26,28). The van der Waals surface area contributed by atoms with Gasteiger partial charge >= 0.3 is 5.69 Å². The molecular formula is C23H31N3O3. The first kappa shape index (κ1) is 21.1. The zero-order valence-corrected chi connectivity index (χ0v) is 16.9. The van der Waals surface area contributed by atoms with Crippen LogP contribution in [0.4, 0.5) is 0 Å². The average Bonchev–Trinajstić information content (AvgIpc) is 3.13.